The zero-order valence-corrected chi connectivity index (χ0v) is 13.4. The van der Waals surface area contributed by atoms with Gasteiger partial charge in [-0.15, -0.1) is 0 Å². The molecule has 0 aromatic carbocycles. The maximum Gasteiger partial charge on any atom is 0.260 e. The lowest BCUT2D eigenvalue weighted by Gasteiger charge is -2.31. The van der Waals surface area contributed by atoms with Crippen molar-refractivity contribution in [2.75, 3.05) is 26.7 Å². The van der Waals surface area contributed by atoms with Gasteiger partial charge in [0.25, 0.3) is 10.0 Å². The molecule has 1 fully saturated rings. The molecule has 2 aliphatic rings. The summed E-state index contributed by atoms with van der Waals surface area (Å²) < 4.78 is 29.1. The Labute approximate surface area is 126 Å². The molecule has 1 aromatic heterocycles. The predicted molar refractivity (Wildman–Crippen MR) is 80.6 cm³/mol. The van der Waals surface area contributed by atoms with E-state index in [1.165, 1.54) is 6.20 Å². The normalized spacial score (nSPS) is 20.8. The van der Waals surface area contributed by atoms with Gasteiger partial charge in [-0.25, -0.2) is 13.4 Å². The van der Waals surface area contributed by atoms with Crippen LogP contribution < -0.4 is 5.32 Å². The fourth-order valence-corrected chi connectivity index (χ4v) is 4.97. The van der Waals surface area contributed by atoms with E-state index in [1.807, 2.05) is 11.6 Å². The molecule has 0 atom stereocenters. The second-order valence-electron chi connectivity index (χ2n) is 6.01. The van der Waals surface area contributed by atoms with E-state index >= 15 is 0 Å². The molecule has 7 heteroatoms. The van der Waals surface area contributed by atoms with Crippen molar-refractivity contribution in [3.8, 4) is 0 Å². The number of nitrogens with one attached hydrogen (secondary N) is 1. The summed E-state index contributed by atoms with van der Waals surface area (Å²) in [6.07, 6.45) is 6.48. The van der Waals surface area contributed by atoms with Crippen LogP contribution in [0, 0.1) is 5.92 Å². The van der Waals surface area contributed by atoms with Crippen LogP contribution in [0.25, 0.3) is 0 Å². The highest BCUT2D eigenvalue weighted by Crippen LogP contribution is 2.27. The Morgan fingerprint density at radius 1 is 1.33 bits per heavy atom. The van der Waals surface area contributed by atoms with Gasteiger partial charge in [0, 0.05) is 26.1 Å². The fraction of sp³-hybridized carbons (Fsp3) is 0.786. The maximum atomic E-state index is 12.8. The molecule has 0 amide bonds. The lowest BCUT2D eigenvalue weighted by Crippen LogP contribution is -2.39. The van der Waals surface area contributed by atoms with E-state index in [-0.39, 0.29) is 0 Å². The van der Waals surface area contributed by atoms with Gasteiger partial charge in [-0.1, -0.05) is 0 Å². The molecule has 1 saturated heterocycles. The minimum absolute atomic E-state index is 0.392. The van der Waals surface area contributed by atoms with Crippen LogP contribution in [0.5, 0.6) is 0 Å². The standard InChI is InChI=1S/C14H24N4O2S/c1-15-7-4-12-5-9-17(10-6-12)21(19,20)14-11-16-13-3-2-8-18(13)14/h11-12,15H,2-10H2,1H3. The summed E-state index contributed by atoms with van der Waals surface area (Å²) in [5.74, 6) is 1.55. The van der Waals surface area contributed by atoms with Crippen LogP contribution in [0.4, 0.5) is 0 Å². The van der Waals surface area contributed by atoms with Gasteiger partial charge in [-0.3, -0.25) is 0 Å². The molecule has 118 valence electrons. The average Bonchev–Trinajstić information content (AvgIpc) is 3.08. The number of piperidine rings is 1. The number of aryl methyl sites for hydroxylation is 1. The van der Waals surface area contributed by atoms with Crippen LogP contribution >= 0.6 is 0 Å². The summed E-state index contributed by atoms with van der Waals surface area (Å²) in [6.45, 7) is 3.06. The summed E-state index contributed by atoms with van der Waals surface area (Å²) in [6, 6.07) is 0. The molecule has 0 radical (unpaired) electrons. The zero-order valence-electron chi connectivity index (χ0n) is 12.6. The molecule has 1 N–H and O–H groups in total. The van der Waals surface area contributed by atoms with E-state index in [9.17, 15) is 8.42 Å². The molecule has 3 heterocycles. The molecule has 0 bridgehead atoms. The number of hydrogen-bond donors (Lipinski definition) is 1. The number of imidazole rings is 1. The average molecular weight is 312 g/mol. The summed E-state index contributed by atoms with van der Waals surface area (Å²) in [5, 5.41) is 3.56. The van der Waals surface area contributed by atoms with Crippen molar-refractivity contribution in [3.63, 3.8) is 0 Å². The van der Waals surface area contributed by atoms with E-state index in [4.69, 9.17) is 0 Å². The van der Waals surface area contributed by atoms with Gasteiger partial charge in [-0.2, -0.15) is 4.31 Å². The Bertz CT molecular complexity index is 588. The summed E-state index contributed by atoms with van der Waals surface area (Å²) >= 11 is 0. The van der Waals surface area contributed by atoms with Gasteiger partial charge in [0.15, 0.2) is 5.03 Å². The van der Waals surface area contributed by atoms with Crippen LogP contribution in [-0.4, -0.2) is 49.0 Å². The van der Waals surface area contributed by atoms with Gasteiger partial charge >= 0.3 is 0 Å². The molecule has 1 aromatic rings. The second-order valence-corrected chi connectivity index (χ2v) is 7.89. The minimum Gasteiger partial charge on any atom is -0.320 e. The third-order valence-corrected chi connectivity index (χ3v) is 6.56. The van der Waals surface area contributed by atoms with Crippen molar-refractivity contribution in [1.82, 2.24) is 19.2 Å². The van der Waals surface area contributed by atoms with Gasteiger partial charge in [0.1, 0.15) is 5.82 Å². The fourth-order valence-electron chi connectivity index (χ4n) is 3.36. The number of aromatic nitrogens is 2. The smallest absolute Gasteiger partial charge is 0.260 e. The first kappa shape index (κ1) is 15.0. The van der Waals surface area contributed by atoms with E-state index < -0.39 is 10.0 Å². The van der Waals surface area contributed by atoms with Crippen molar-refractivity contribution in [2.24, 2.45) is 5.92 Å². The number of rotatable bonds is 5. The largest absolute Gasteiger partial charge is 0.320 e. The lowest BCUT2D eigenvalue weighted by atomic mass is 9.95. The van der Waals surface area contributed by atoms with Gasteiger partial charge in [0.2, 0.25) is 0 Å². The molecule has 0 unspecified atom stereocenters. The first-order chi connectivity index (χ1) is 10.1. The highest BCUT2D eigenvalue weighted by atomic mass is 32.2. The molecule has 21 heavy (non-hydrogen) atoms. The Balaban J connectivity index is 1.69. The van der Waals surface area contributed by atoms with Crippen molar-refractivity contribution >= 4 is 10.0 Å². The molecular weight excluding hydrogens is 288 g/mol. The van der Waals surface area contributed by atoms with Crippen LogP contribution in [-0.2, 0) is 23.0 Å². The zero-order chi connectivity index (χ0) is 14.9. The predicted octanol–water partition coefficient (Wildman–Crippen LogP) is 0.839. The quantitative estimate of drug-likeness (QED) is 0.875. The third-order valence-electron chi connectivity index (χ3n) is 4.66. The summed E-state index contributed by atoms with van der Waals surface area (Å²) in [5.41, 5.74) is 0. The van der Waals surface area contributed by atoms with Crippen LogP contribution in [0.1, 0.15) is 31.5 Å². The van der Waals surface area contributed by atoms with Gasteiger partial charge in [0.05, 0.1) is 6.20 Å². The Hall–Kier alpha value is -0.920. The second kappa shape index (κ2) is 6.06. The van der Waals surface area contributed by atoms with Crippen molar-refractivity contribution in [1.29, 1.82) is 0 Å². The monoisotopic (exact) mass is 312 g/mol. The first-order valence-corrected chi connectivity index (χ1v) is 9.26. The molecule has 0 saturated carbocycles. The molecule has 6 nitrogen and oxygen atoms in total. The number of fused-ring (bicyclic) bond motifs is 1. The molecule has 3 rings (SSSR count). The summed E-state index contributed by atoms with van der Waals surface area (Å²) in [7, 11) is -1.41. The molecule has 0 spiro atoms. The van der Waals surface area contributed by atoms with Crippen molar-refractivity contribution in [3.05, 3.63) is 12.0 Å². The van der Waals surface area contributed by atoms with Crippen molar-refractivity contribution in [2.45, 2.75) is 43.7 Å². The van der Waals surface area contributed by atoms with Crippen LogP contribution in [0.2, 0.25) is 0 Å². The molecule has 2 aliphatic heterocycles. The number of hydrogen-bond acceptors (Lipinski definition) is 4. The van der Waals surface area contributed by atoms with E-state index in [2.05, 4.69) is 10.3 Å². The maximum absolute atomic E-state index is 12.8. The first-order valence-electron chi connectivity index (χ1n) is 7.82. The third kappa shape index (κ3) is 2.86. The van der Waals surface area contributed by atoms with E-state index in [1.54, 1.807) is 4.31 Å². The highest BCUT2D eigenvalue weighted by molar-refractivity contribution is 7.89. The number of nitrogens with zero attached hydrogens (tertiary/aromatic N) is 3. The Morgan fingerprint density at radius 3 is 2.81 bits per heavy atom. The molecule has 0 aliphatic carbocycles. The highest BCUT2D eigenvalue weighted by Gasteiger charge is 2.33. The summed E-state index contributed by atoms with van der Waals surface area (Å²) in [4.78, 5) is 4.26. The topological polar surface area (TPSA) is 67.2 Å². The SMILES string of the molecule is CNCCC1CCN(S(=O)(=O)c2cnc3n2CCC3)CC1. The lowest BCUT2D eigenvalue weighted by molar-refractivity contribution is 0.262. The van der Waals surface area contributed by atoms with Gasteiger partial charge in [-0.05, 0) is 45.2 Å². The van der Waals surface area contributed by atoms with Crippen LogP contribution in [0.15, 0.2) is 11.2 Å². The minimum atomic E-state index is -3.37. The van der Waals surface area contributed by atoms with Crippen LogP contribution in [0.3, 0.4) is 0 Å². The van der Waals surface area contributed by atoms with E-state index in [0.29, 0.717) is 24.0 Å². The number of sulfonamides is 1. The Morgan fingerprint density at radius 2 is 2.10 bits per heavy atom. The molecular formula is C14H24N4O2S. The van der Waals surface area contributed by atoms with E-state index in [0.717, 1.165) is 51.0 Å². The van der Waals surface area contributed by atoms with Gasteiger partial charge < -0.3 is 9.88 Å². The Kier molecular flexibility index (Phi) is 4.33. The van der Waals surface area contributed by atoms with Crippen molar-refractivity contribution < 1.29 is 8.42 Å².